The zero-order chi connectivity index (χ0) is 11.0. The minimum absolute atomic E-state index is 0.231. The zero-order valence-electron chi connectivity index (χ0n) is 8.16. The van der Waals surface area contributed by atoms with Crippen LogP contribution in [0.1, 0.15) is 6.92 Å². The second-order valence-electron chi connectivity index (χ2n) is 2.68. The van der Waals surface area contributed by atoms with Crippen molar-refractivity contribution in [3.8, 4) is 0 Å². The van der Waals surface area contributed by atoms with Crippen LogP contribution in [0.15, 0.2) is 42.5 Å². The van der Waals surface area contributed by atoms with Crippen molar-refractivity contribution in [3.05, 3.63) is 42.5 Å². The first-order valence-corrected chi connectivity index (χ1v) is 4.08. The predicted molar refractivity (Wildman–Crippen MR) is 59.5 cm³/mol. The number of allylic oxidation sites excluding steroid dienone is 1. The van der Waals surface area contributed by atoms with Gasteiger partial charge in [-0.2, -0.15) is 0 Å². The standard InChI is InChI=1S/C6H7N.C5H7NO/c7-6-4-2-1-3-5-6;1-4(3-7)5(2)6/h1-5H,7H2;3,6H,1H2,2H3. The molecule has 0 atom stereocenters. The van der Waals surface area contributed by atoms with Gasteiger partial charge in [-0.3, -0.25) is 4.79 Å². The second-order valence-corrected chi connectivity index (χ2v) is 2.68. The Hall–Kier alpha value is -1.90. The number of rotatable bonds is 2. The van der Waals surface area contributed by atoms with Gasteiger partial charge in [0.05, 0.1) is 0 Å². The van der Waals surface area contributed by atoms with Crippen molar-refractivity contribution in [2.24, 2.45) is 0 Å². The van der Waals surface area contributed by atoms with Crippen molar-refractivity contribution in [2.75, 3.05) is 5.73 Å². The molecule has 0 saturated carbocycles. The van der Waals surface area contributed by atoms with Crippen LogP contribution in [0, 0.1) is 5.41 Å². The Morgan fingerprint density at radius 2 is 1.93 bits per heavy atom. The predicted octanol–water partition coefficient (Wildman–Crippen LogP) is 2.05. The third-order valence-electron chi connectivity index (χ3n) is 1.42. The number of benzene rings is 1. The number of carbonyl (C=O) groups is 1. The van der Waals surface area contributed by atoms with Crippen LogP contribution in [0.3, 0.4) is 0 Å². The largest absolute Gasteiger partial charge is 0.399 e. The Labute approximate surface area is 83.8 Å². The normalized spacial score (nSPS) is 8.07. The monoisotopic (exact) mass is 190 g/mol. The summed E-state index contributed by atoms with van der Waals surface area (Å²) in [6.45, 7) is 4.80. The van der Waals surface area contributed by atoms with Crippen molar-refractivity contribution in [3.63, 3.8) is 0 Å². The number of hydrogen-bond donors (Lipinski definition) is 2. The van der Waals surface area contributed by atoms with Gasteiger partial charge in [0.15, 0.2) is 6.29 Å². The first kappa shape index (κ1) is 12.1. The highest BCUT2D eigenvalue weighted by Crippen LogP contribution is 1.95. The molecule has 1 aromatic rings. The molecule has 0 spiro atoms. The lowest BCUT2D eigenvalue weighted by Gasteiger charge is -1.84. The summed E-state index contributed by atoms with van der Waals surface area (Å²) in [5, 5.41) is 6.77. The number of anilines is 1. The molecule has 1 rings (SSSR count). The summed E-state index contributed by atoms with van der Waals surface area (Å²) >= 11 is 0. The molecule has 0 amide bonds. The minimum Gasteiger partial charge on any atom is -0.399 e. The number of hydrogen-bond acceptors (Lipinski definition) is 3. The van der Waals surface area contributed by atoms with E-state index in [-0.39, 0.29) is 11.3 Å². The van der Waals surface area contributed by atoms with Gasteiger partial charge in [0.1, 0.15) is 0 Å². The summed E-state index contributed by atoms with van der Waals surface area (Å²) < 4.78 is 0. The number of aldehydes is 1. The van der Waals surface area contributed by atoms with E-state index in [0.717, 1.165) is 5.69 Å². The SMILES string of the molecule is C=C(C=O)C(C)=N.Nc1ccccc1. The van der Waals surface area contributed by atoms with Crippen LogP contribution in [0.5, 0.6) is 0 Å². The maximum atomic E-state index is 9.71. The molecule has 0 fully saturated rings. The van der Waals surface area contributed by atoms with E-state index >= 15 is 0 Å². The molecule has 0 aliphatic carbocycles. The quantitative estimate of drug-likeness (QED) is 0.324. The third-order valence-corrected chi connectivity index (χ3v) is 1.42. The molecule has 74 valence electrons. The second kappa shape index (κ2) is 6.60. The van der Waals surface area contributed by atoms with Crippen LogP contribution >= 0.6 is 0 Å². The van der Waals surface area contributed by atoms with Crippen molar-refractivity contribution in [2.45, 2.75) is 6.92 Å². The topological polar surface area (TPSA) is 66.9 Å². The molecule has 3 N–H and O–H groups in total. The van der Waals surface area contributed by atoms with E-state index in [1.807, 2.05) is 30.3 Å². The van der Waals surface area contributed by atoms with E-state index < -0.39 is 0 Å². The third kappa shape index (κ3) is 5.71. The van der Waals surface area contributed by atoms with Gasteiger partial charge in [0.2, 0.25) is 0 Å². The summed E-state index contributed by atoms with van der Waals surface area (Å²) in [5.74, 6) is 0. The van der Waals surface area contributed by atoms with Gasteiger partial charge < -0.3 is 11.1 Å². The van der Waals surface area contributed by atoms with Gasteiger partial charge in [-0.05, 0) is 19.1 Å². The number of para-hydroxylation sites is 1. The summed E-state index contributed by atoms with van der Waals surface area (Å²) in [4.78, 5) is 9.71. The number of nitrogens with two attached hydrogens (primary N) is 1. The fraction of sp³-hybridized carbons (Fsp3) is 0.0909. The fourth-order valence-electron chi connectivity index (χ4n) is 0.541. The Morgan fingerprint density at radius 1 is 1.43 bits per heavy atom. The average molecular weight is 190 g/mol. The van der Waals surface area contributed by atoms with Crippen LogP contribution < -0.4 is 5.73 Å². The van der Waals surface area contributed by atoms with E-state index in [0.29, 0.717) is 6.29 Å². The van der Waals surface area contributed by atoms with Gasteiger partial charge in [0.25, 0.3) is 0 Å². The minimum atomic E-state index is 0.231. The molecule has 0 saturated heterocycles. The maximum Gasteiger partial charge on any atom is 0.151 e. The van der Waals surface area contributed by atoms with Crippen LogP contribution in [-0.4, -0.2) is 12.0 Å². The first-order chi connectivity index (χ1) is 6.57. The van der Waals surface area contributed by atoms with Gasteiger partial charge in [-0.25, -0.2) is 0 Å². The molecule has 1 aromatic carbocycles. The van der Waals surface area contributed by atoms with Gasteiger partial charge in [0, 0.05) is 17.0 Å². The zero-order valence-corrected chi connectivity index (χ0v) is 8.16. The lowest BCUT2D eigenvalue weighted by molar-refractivity contribution is -0.104. The number of carbonyl (C=O) groups excluding carboxylic acids is 1. The average Bonchev–Trinajstić information content (AvgIpc) is 2.18. The summed E-state index contributed by atoms with van der Waals surface area (Å²) in [6.07, 6.45) is 0.572. The van der Waals surface area contributed by atoms with E-state index in [2.05, 4.69) is 6.58 Å². The highest BCUT2D eigenvalue weighted by atomic mass is 16.1. The molecule has 14 heavy (non-hydrogen) atoms. The first-order valence-electron chi connectivity index (χ1n) is 4.08. The van der Waals surface area contributed by atoms with Gasteiger partial charge in [-0.15, -0.1) is 0 Å². The summed E-state index contributed by atoms with van der Waals surface area (Å²) in [6, 6.07) is 9.49. The molecular weight excluding hydrogens is 176 g/mol. The summed E-state index contributed by atoms with van der Waals surface area (Å²) in [7, 11) is 0. The Kier molecular flexibility index (Phi) is 5.70. The van der Waals surface area contributed by atoms with E-state index in [9.17, 15) is 4.79 Å². The van der Waals surface area contributed by atoms with Crippen LogP contribution in [0.2, 0.25) is 0 Å². The fourth-order valence-corrected chi connectivity index (χ4v) is 0.541. The molecule has 3 heteroatoms. The van der Waals surface area contributed by atoms with Gasteiger partial charge >= 0.3 is 0 Å². The van der Waals surface area contributed by atoms with Gasteiger partial charge in [-0.1, -0.05) is 24.8 Å². The molecule has 0 radical (unpaired) electrons. The molecule has 0 aliphatic heterocycles. The number of nitrogens with one attached hydrogen (secondary N) is 1. The van der Waals surface area contributed by atoms with E-state index in [4.69, 9.17) is 11.1 Å². The molecule has 0 bridgehead atoms. The van der Waals surface area contributed by atoms with E-state index in [1.54, 1.807) is 0 Å². The lowest BCUT2D eigenvalue weighted by atomic mass is 10.2. The lowest BCUT2D eigenvalue weighted by Crippen LogP contribution is -1.92. The van der Waals surface area contributed by atoms with Crippen LogP contribution in [-0.2, 0) is 4.79 Å². The molecule has 0 aliphatic rings. The Bertz CT molecular complexity index is 317. The smallest absolute Gasteiger partial charge is 0.151 e. The highest BCUT2D eigenvalue weighted by molar-refractivity contribution is 6.11. The molecular formula is C11H14N2O. The molecule has 0 aromatic heterocycles. The van der Waals surface area contributed by atoms with Crippen molar-refractivity contribution < 1.29 is 4.79 Å². The molecule has 3 nitrogen and oxygen atoms in total. The van der Waals surface area contributed by atoms with E-state index in [1.165, 1.54) is 6.92 Å². The van der Waals surface area contributed by atoms with Crippen molar-refractivity contribution in [1.82, 2.24) is 0 Å². The molecule has 0 unspecified atom stereocenters. The van der Waals surface area contributed by atoms with Crippen molar-refractivity contribution in [1.29, 1.82) is 5.41 Å². The van der Waals surface area contributed by atoms with Crippen molar-refractivity contribution >= 4 is 17.7 Å². The van der Waals surface area contributed by atoms with Crippen LogP contribution in [0.4, 0.5) is 5.69 Å². The summed E-state index contributed by atoms with van der Waals surface area (Å²) in [5.41, 5.74) is 6.66. The Balaban J connectivity index is 0.000000241. The highest BCUT2D eigenvalue weighted by Gasteiger charge is 1.88. The molecule has 0 heterocycles. The van der Waals surface area contributed by atoms with Crippen LogP contribution in [0.25, 0.3) is 0 Å². The Morgan fingerprint density at radius 3 is 2.07 bits per heavy atom. The maximum absolute atomic E-state index is 9.71. The number of nitrogen functional groups attached to an aromatic ring is 1.